The monoisotopic (exact) mass is 513 g/mol. The van der Waals surface area contributed by atoms with Crippen LogP contribution in [0.1, 0.15) is 30.0 Å². The number of aryl methyl sites for hydroxylation is 1. The Kier molecular flexibility index (Phi) is 9.52. The molecule has 0 saturated carbocycles. The van der Waals surface area contributed by atoms with Crippen LogP contribution in [0.4, 0.5) is 5.69 Å². The number of carbonyl (C=O) groups is 2. The summed E-state index contributed by atoms with van der Waals surface area (Å²) >= 11 is 12.2. The van der Waals surface area contributed by atoms with Gasteiger partial charge in [-0.15, -0.1) is 0 Å². The molecular weight excluding hydrogens is 489 g/mol. The number of nitrogens with zero attached hydrogens (tertiary/aromatic N) is 1. The van der Waals surface area contributed by atoms with Crippen molar-refractivity contribution in [1.29, 1.82) is 0 Å². The van der Waals surface area contributed by atoms with Gasteiger partial charge in [0.15, 0.2) is 11.5 Å². The molecule has 3 aromatic carbocycles. The van der Waals surface area contributed by atoms with Crippen molar-refractivity contribution in [3.8, 4) is 11.5 Å². The van der Waals surface area contributed by atoms with E-state index >= 15 is 0 Å². The van der Waals surface area contributed by atoms with Crippen LogP contribution in [0.25, 0.3) is 0 Å². The van der Waals surface area contributed by atoms with E-state index in [9.17, 15) is 9.59 Å². The van der Waals surface area contributed by atoms with Gasteiger partial charge in [-0.05, 0) is 61.4 Å². The Morgan fingerprint density at radius 2 is 1.74 bits per heavy atom. The van der Waals surface area contributed by atoms with Gasteiger partial charge in [0.1, 0.15) is 13.0 Å². The van der Waals surface area contributed by atoms with Gasteiger partial charge in [-0.2, -0.15) is 5.10 Å². The topological polar surface area (TPSA) is 89.0 Å². The molecule has 0 radical (unpaired) electrons. The molecule has 0 aromatic heterocycles. The van der Waals surface area contributed by atoms with Gasteiger partial charge in [0.25, 0.3) is 0 Å². The Morgan fingerprint density at radius 1 is 0.943 bits per heavy atom. The van der Waals surface area contributed by atoms with Gasteiger partial charge < -0.3 is 14.8 Å². The molecule has 0 fully saturated rings. The first-order valence-electron chi connectivity index (χ1n) is 10.9. The molecule has 182 valence electrons. The zero-order valence-electron chi connectivity index (χ0n) is 19.3. The molecule has 0 aliphatic heterocycles. The zero-order valence-corrected chi connectivity index (χ0v) is 20.8. The van der Waals surface area contributed by atoms with Crippen molar-refractivity contribution in [1.82, 2.24) is 5.43 Å². The first-order chi connectivity index (χ1) is 16.9. The molecule has 2 N–H and O–H groups in total. The molecule has 0 atom stereocenters. The minimum atomic E-state index is -0.554. The minimum Gasteiger partial charge on any atom is -0.490 e. The number of carbonyl (C=O) groups excluding carboxylic acids is 2. The Bertz CT molecular complexity index is 1230. The van der Waals surface area contributed by atoms with E-state index in [1.165, 1.54) is 6.21 Å². The largest absolute Gasteiger partial charge is 0.490 e. The summed E-state index contributed by atoms with van der Waals surface area (Å²) in [5.41, 5.74) is 5.29. The summed E-state index contributed by atoms with van der Waals surface area (Å²) in [6, 6.07) is 17.8. The molecule has 2 amide bonds. The zero-order chi connectivity index (χ0) is 25.2. The van der Waals surface area contributed by atoms with Crippen molar-refractivity contribution >= 4 is 46.9 Å². The molecule has 35 heavy (non-hydrogen) atoms. The Morgan fingerprint density at radius 3 is 2.49 bits per heavy atom. The fraction of sp³-hybridized carbons (Fsp3) is 0.192. The van der Waals surface area contributed by atoms with E-state index in [1.807, 2.05) is 32.0 Å². The van der Waals surface area contributed by atoms with Gasteiger partial charge in [0.05, 0.1) is 12.8 Å². The number of amides is 2. The number of ether oxygens (including phenoxy) is 2. The number of hydrazone groups is 1. The molecule has 0 spiro atoms. The highest BCUT2D eigenvalue weighted by Gasteiger charge is 2.11. The lowest BCUT2D eigenvalue weighted by molar-refractivity contribution is -0.126. The average molecular weight is 514 g/mol. The van der Waals surface area contributed by atoms with E-state index in [-0.39, 0.29) is 6.42 Å². The number of hydrogen-bond donors (Lipinski definition) is 2. The second-order valence-electron chi connectivity index (χ2n) is 7.50. The van der Waals surface area contributed by atoms with Gasteiger partial charge in [-0.1, -0.05) is 47.5 Å². The highest BCUT2D eigenvalue weighted by molar-refractivity contribution is 6.31. The van der Waals surface area contributed by atoms with Crippen LogP contribution >= 0.6 is 23.2 Å². The van der Waals surface area contributed by atoms with Crippen LogP contribution in [0.2, 0.25) is 10.0 Å². The number of benzene rings is 3. The van der Waals surface area contributed by atoms with Crippen LogP contribution in [0.3, 0.4) is 0 Å². The number of nitrogens with one attached hydrogen (secondary N) is 2. The SMILES string of the molecule is CCOc1cc(C=NNC(=O)CC(=O)Nc2ccc(C)c(Cl)c2)ccc1OCc1ccccc1Cl. The highest BCUT2D eigenvalue weighted by atomic mass is 35.5. The van der Waals surface area contributed by atoms with E-state index in [2.05, 4.69) is 15.8 Å². The number of halogens is 2. The van der Waals surface area contributed by atoms with Gasteiger partial charge in [-0.3, -0.25) is 9.59 Å². The normalized spacial score (nSPS) is 10.7. The Balaban J connectivity index is 1.55. The summed E-state index contributed by atoms with van der Waals surface area (Å²) in [6.45, 7) is 4.47. The molecule has 0 saturated heterocycles. The molecule has 3 rings (SSSR count). The van der Waals surface area contributed by atoms with E-state index in [1.54, 1.807) is 42.5 Å². The van der Waals surface area contributed by atoms with Crippen LogP contribution in [0, 0.1) is 6.92 Å². The van der Waals surface area contributed by atoms with E-state index in [0.717, 1.165) is 11.1 Å². The number of hydrogen-bond acceptors (Lipinski definition) is 5. The van der Waals surface area contributed by atoms with Crippen LogP contribution < -0.4 is 20.2 Å². The third-order valence-corrected chi connectivity index (χ3v) is 5.56. The molecule has 3 aromatic rings. The second kappa shape index (κ2) is 12.8. The lowest BCUT2D eigenvalue weighted by Crippen LogP contribution is -2.24. The van der Waals surface area contributed by atoms with Crippen LogP contribution in [0.5, 0.6) is 11.5 Å². The van der Waals surface area contributed by atoms with Gasteiger partial charge in [-0.25, -0.2) is 5.43 Å². The van der Waals surface area contributed by atoms with Crippen molar-refractivity contribution in [2.75, 3.05) is 11.9 Å². The summed E-state index contributed by atoms with van der Waals surface area (Å²) in [5, 5.41) is 7.71. The van der Waals surface area contributed by atoms with E-state index in [0.29, 0.717) is 46.0 Å². The predicted molar refractivity (Wildman–Crippen MR) is 139 cm³/mol. The van der Waals surface area contributed by atoms with Crippen molar-refractivity contribution in [2.24, 2.45) is 5.10 Å². The summed E-state index contributed by atoms with van der Waals surface area (Å²) in [5.74, 6) is 0.0600. The molecule has 0 unspecified atom stereocenters. The molecule has 9 heteroatoms. The molecule has 0 heterocycles. The van der Waals surface area contributed by atoms with E-state index in [4.69, 9.17) is 32.7 Å². The molecule has 0 aliphatic rings. The summed E-state index contributed by atoms with van der Waals surface area (Å²) in [4.78, 5) is 24.1. The predicted octanol–water partition coefficient (Wildman–Crippen LogP) is 5.76. The highest BCUT2D eigenvalue weighted by Crippen LogP contribution is 2.29. The van der Waals surface area contributed by atoms with Gasteiger partial charge in [0, 0.05) is 21.3 Å². The maximum atomic E-state index is 12.1. The Labute approximate surface area is 214 Å². The minimum absolute atomic E-state index is 0.292. The first-order valence-corrected chi connectivity index (χ1v) is 11.6. The maximum Gasteiger partial charge on any atom is 0.249 e. The smallest absolute Gasteiger partial charge is 0.249 e. The van der Waals surface area contributed by atoms with Crippen molar-refractivity contribution in [3.63, 3.8) is 0 Å². The third-order valence-electron chi connectivity index (χ3n) is 4.79. The number of anilines is 1. The standard InChI is InChI=1S/C26H25Cl2N3O4/c1-3-34-24-12-18(9-11-23(24)35-16-19-6-4-5-7-21(19)27)15-29-31-26(33)14-25(32)30-20-10-8-17(2)22(28)13-20/h4-13,15H,3,14,16H2,1-2H3,(H,30,32)(H,31,33). The van der Waals surface area contributed by atoms with Crippen molar-refractivity contribution in [3.05, 3.63) is 87.4 Å². The lowest BCUT2D eigenvalue weighted by Gasteiger charge is -2.13. The van der Waals surface area contributed by atoms with Gasteiger partial charge in [0.2, 0.25) is 11.8 Å². The van der Waals surface area contributed by atoms with Crippen LogP contribution in [-0.2, 0) is 16.2 Å². The molecule has 0 bridgehead atoms. The van der Waals surface area contributed by atoms with E-state index < -0.39 is 11.8 Å². The fourth-order valence-corrected chi connectivity index (χ4v) is 3.37. The fourth-order valence-electron chi connectivity index (χ4n) is 3.00. The molecular formula is C26H25Cl2N3O4. The summed E-state index contributed by atoms with van der Waals surface area (Å²) < 4.78 is 11.6. The van der Waals surface area contributed by atoms with Crippen molar-refractivity contribution < 1.29 is 19.1 Å². The first kappa shape index (κ1) is 26.1. The van der Waals surface area contributed by atoms with Crippen LogP contribution in [0.15, 0.2) is 65.8 Å². The summed E-state index contributed by atoms with van der Waals surface area (Å²) in [7, 11) is 0. The second-order valence-corrected chi connectivity index (χ2v) is 8.32. The number of rotatable bonds is 10. The summed E-state index contributed by atoms with van der Waals surface area (Å²) in [6.07, 6.45) is 1.07. The quantitative estimate of drug-likeness (QED) is 0.205. The Hall–Kier alpha value is -3.55. The maximum absolute atomic E-state index is 12.1. The van der Waals surface area contributed by atoms with Gasteiger partial charge >= 0.3 is 0 Å². The third kappa shape index (κ3) is 8.02. The molecule has 7 nitrogen and oxygen atoms in total. The van der Waals surface area contributed by atoms with Crippen molar-refractivity contribution in [2.45, 2.75) is 26.9 Å². The average Bonchev–Trinajstić information content (AvgIpc) is 2.82. The molecule has 0 aliphatic carbocycles. The van der Waals surface area contributed by atoms with Crippen LogP contribution in [-0.4, -0.2) is 24.6 Å². The lowest BCUT2D eigenvalue weighted by atomic mass is 10.2.